The van der Waals surface area contributed by atoms with E-state index in [-0.39, 0.29) is 5.78 Å². The van der Waals surface area contributed by atoms with Gasteiger partial charge >= 0.3 is 0 Å². The van der Waals surface area contributed by atoms with Gasteiger partial charge in [-0.2, -0.15) is 0 Å². The number of rotatable bonds is 5. The van der Waals surface area contributed by atoms with E-state index in [4.69, 9.17) is 4.74 Å². The molecule has 1 heterocycles. The Labute approximate surface area is 111 Å². The molecule has 0 aliphatic heterocycles. The van der Waals surface area contributed by atoms with E-state index in [2.05, 4.69) is 13.0 Å². The van der Waals surface area contributed by atoms with Gasteiger partial charge in [0.1, 0.15) is 5.75 Å². The highest BCUT2D eigenvalue weighted by Crippen LogP contribution is 2.24. The predicted molar refractivity (Wildman–Crippen MR) is 74.7 cm³/mol. The minimum atomic E-state index is 0.0706. The van der Waals surface area contributed by atoms with Crippen LogP contribution >= 0.6 is 11.3 Å². The van der Waals surface area contributed by atoms with Crippen LogP contribution in [0, 0.1) is 0 Å². The Morgan fingerprint density at radius 1 is 1.33 bits per heavy atom. The second-order valence-corrected chi connectivity index (χ2v) is 5.04. The monoisotopic (exact) mass is 260 g/mol. The van der Waals surface area contributed by atoms with Crippen molar-refractivity contribution in [3.63, 3.8) is 0 Å². The second kappa shape index (κ2) is 5.83. The summed E-state index contributed by atoms with van der Waals surface area (Å²) in [5.41, 5.74) is 1.97. The molecule has 0 unspecified atom stereocenters. The van der Waals surface area contributed by atoms with Crippen molar-refractivity contribution in [1.82, 2.24) is 0 Å². The molecule has 1 aromatic carbocycles. The highest BCUT2D eigenvalue weighted by atomic mass is 32.1. The third-order valence-corrected chi connectivity index (χ3v) is 3.67. The molecule has 0 radical (unpaired) electrons. The van der Waals surface area contributed by atoms with Crippen LogP contribution in [0.5, 0.6) is 5.75 Å². The fraction of sp³-hybridized carbons (Fsp3) is 0.267. The zero-order valence-electron chi connectivity index (χ0n) is 10.6. The average Bonchev–Trinajstić information content (AvgIpc) is 2.87. The summed E-state index contributed by atoms with van der Waals surface area (Å²) >= 11 is 1.42. The van der Waals surface area contributed by atoms with E-state index in [9.17, 15) is 4.79 Å². The molecule has 0 saturated heterocycles. The highest BCUT2D eigenvalue weighted by Gasteiger charge is 2.12. The minimum absolute atomic E-state index is 0.0706. The van der Waals surface area contributed by atoms with Crippen LogP contribution in [-0.2, 0) is 6.42 Å². The molecule has 18 heavy (non-hydrogen) atoms. The second-order valence-electron chi connectivity index (χ2n) is 4.13. The number of benzene rings is 1. The Hall–Kier alpha value is -1.61. The molecule has 0 spiro atoms. The topological polar surface area (TPSA) is 26.3 Å². The van der Waals surface area contributed by atoms with Crippen molar-refractivity contribution in [3.05, 3.63) is 51.7 Å². The van der Waals surface area contributed by atoms with Crippen molar-refractivity contribution in [3.8, 4) is 5.75 Å². The number of ether oxygens (including phenoxy) is 1. The van der Waals surface area contributed by atoms with Crippen molar-refractivity contribution in [1.29, 1.82) is 0 Å². The number of methoxy groups -OCH3 is 1. The fourth-order valence-electron chi connectivity index (χ4n) is 1.84. The smallest absolute Gasteiger partial charge is 0.203 e. The minimum Gasteiger partial charge on any atom is -0.496 e. The third kappa shape index (κ3) is 2.79. The van der Waals surface area contributed by atoms with Gasteiger partial charge in [-0.1, -0.05) is 31.5 Å². The number of carbonyl (C=O) groups excluding carboxylic acids is 1. The van der Waals surface area contributed by atoms with Crippen LogP contribution in [0.4, 0.5) is 0 Å². The SMILES string of the molecule is CCCc1cccc(C(=O)c2cc(OC)cs2)c1. The average molecular weight is 260 g/mol. The molecule has 0 atom stereocenters. The molecule has 2 aromatic rings. The normalized spacial score (nSPS) is 10.3. The van der Waals surface area contributed by atoms with Gasteiger partial charge in [0.25, 0.3) is 0 Å². The van der Waals surface area contributed by atoms with E-state index in [1.807, 2.05) is 23.6 Å². The van der Waals surface area contributed by atoms with Crippen molar-refractivity contribution in [2.24, 2.45) is 0 Å². The summed E-state index contributed by atoms with van der Waals surface area (Å²) in [6.45, 7) is 2.14. The number of aryl methyl sites for hydroxylation is 1. The number of carbonyl (C=O) groups is 1. The lowest BCUT2D eigenvalue weighted by Gasteiger charge is -2.02. The van der Waals surface area contributed by atoms with Crippen molar-refractivity contribution in [2.75, 3.05) is 7.11 Å². The van der Waals surface area contributed by atoms with Gasteiger partial charge in [0.05, 0.1) is 12.0 Å². The maximum atomic E-state index is 12.3. The predicted octanol–water partition coefficient (Wildman–Crippen LogP) is 3.94. The van der Waals surface area contributed by atoms with Gasteiger partial charge < -0.3 is 4.74 Å². The molecule has 3 heteroatoms. The van der Waals surface area contributed by atoms with Crippen LogP contribution in [0.3, 0.4) is 0 Å². The first-order valence-corrected chi connectivity index (χ1v) is 6.88. The Bertz CT molecular complexity index is 543. The summed E-state index contributed by atoms with van der Waals surface area (Å²) in [5.74, 6) is 0.814. The molecule has 0 aliphatic rings. The Morgan fingerprint density at radius 3 is 2.83 bits per heavy atom. The maximum Gasteiger partial charge on any atom is 0.203 e. The van der Waals surface area contributed by atoms with E-state index in [0.717, 1.165) is 29.0 Å². The van der Waals surface area contributed by atoms with Crippen molar-refractivity contribution < 1.29 is 9.53 Å². The Morgan fingerprint density at radius 2 is 2.17 bits per heavy atom. The molecule has 94 valence electrons. The van der Waals surface area contributed by atoms with Crippen LogP contribution in [0.25, 0.3) is 0 Å². The van der Waals surface area contributed by atoms with Crippen LogP contribution < -0.4 is 4.74 Å². The van der Waals surface area contributed by atoms with Gasteiger partial charge in [0.15, 0.2) is 0 Å². The fourth-order valence-corrected chi connectivity index (χ4v) is 2.66. The first-order chi connectivity index (χ1) is 8.74. The van der Waals surface area contributed by atoms with Gasteiger partial charge in [-0.25, -0.2) is 0 Å². The van der Waals surface area contributed by atoms with Gasteiger partial charge in [-0.15, -0.1) is 11.3 Å². The largest absolute Gasteiger partial charge is 0.496 e. The van der Waals surface area contributed by atoms with Gasteiger partial charge in [0, 0.05) is 17.0 Å². The van der Waals surface area contributed by atoms with Crippen molar-refractivity contribution in [2.45, 2.75) is 19.8 Å². The molecule has 1 aromatic heterocycles. The van der Waals surface area contributed by atoms with Gasteiger partial charge in [-0.3, -0.25) is 4.79 Å². The van der Waals surface area contributed by atoms with Gasteiger partial charge in [0.2, 0.25) is 5.78 Å². The molecule has 0 aliphatic carbocycles. The van der Waals surface area contributed by atoms with Crippen LogP contribution in [0.2, 0.25) is 0 Å². The quantitative estimate of drug-likeness (QED) is 0.761. The summed E-state index contributed by atoms with van der Waals surface area (Å²) in [6.07, 6.45) is 2.10. The molecule has 0 amide bonds. The highest BCUT2D eigenvalue weighted by molar-refractivity contribution is 7.12. The zero-order chi connectivity index (χ0) is 13.0. The van der Waals surface area contributed by atoms with Crippen molar-refractivity contribution >= 4 is 17.1 Å². The summed E-state index contributed by atoms with van der Waals surface area (Å²) < 4.78 is 5.10. The van der Waals surface area contributed by atoms with E-state index in [1.54, 1.807) is 13.2 Å². The third-order valence-electron chi connectivity index (χ3n) is 2.76. The molecule has 0 N–H and O–H groups in total. The molecule has 0 fully saturated rings. The Balaban J connectivity index is 2.25. The van der Waals surface area contributed by atoms with E-state index < -0.39 is 0 Å². The van der Waals surface area contributed by atoms with Crippen LogP contribution in [0.1, 0.15) is 34.1 Å². The molecule has 0 saturated carbocycles. The molecule has 0 bridgehead atoms. The zero-order valence-corrected chi connectivity index (χ0v) is 11.4. The first-order valence-electron chi connectivity index (χ1n) is 6.00. The number of thiophene rings is 1. The lowest BCUT2D eigenvalue weighted by Crippen LogP contribution is -1.99. The van der Waals surface area contributed by atoms with Gasteiger partial charge in [-0.05, 0) is 18.1 Å². The maximum absolute atomic E-state index is 12.3. The molecular formula is C15H16O2S. The molecule has 2 rings (SSSR count). The first kappa shape index (κ1) is 12.8. The number of ketones is 1. The number of hydrogen-bond acceptors (Lipinski definition) is 3. The summed E-state index contributed by atoms with van der Waals surface area (Å²) in [5, 5.41) is 1.85. The van der Waals surface area contributed by atoms with Crippen LogP contribution in [-0.4, -0.2) is 12.9 Å². The number of hydrogen-bond donors (Lipinski definition) is 0. The summed E-state index contributed by atoms with van der Waals surface area (Å²) in [7, 11) is 1.61. The van der Waals surface area contributed by atoms with E-state index >= 15 is 0 Å². The summed E-state index contributed by atoms with van der Waals surface area (Å²) in [6, 6.07) is 9.66. The lowest BCUT2D eigenvalue weighted by molar-refractivity contribution is 0.104. The lowest BCUT2D eigenvalue weighted by atomic mass is 10.0. The van der Waals surface area contributed by atoms with E-state index in [1.165, 1.54) is 16.9 Å². The molecular weight excluding hydrogens is 244 g/mol. The summed E-state index contributed by atoms with van der Waals surface area (Å²) in [4.78, 5) is 13.0. The van der Waals surface area contributed by atoms with E-state index in [0.29, 0.717) is 0 Å². The standard InChI is InChI=1S/C15H16O2S/c1-3-5-11-6-4-7-12(8-11)15(16)14-9-13(17-2)10-18-14/h4,6-10H,3,5H2,1-2H3. The molecule has 2 nitrogen and oxygen atoms in total. The Kier molecular flexibility index (Phi) is 4.15. The van der Waals surface area contributed by atoms with Crippen LogP contribution in [0.15, 0.2) is 35.7 Å².